The van der Waals surface area contributed by atoms with Crippen LogP contribution in [0.5, 0.6) is 0 Å². The molecule has 0 N–H and O–H groups in total. The Balaban J connectivity index is 2.47. The Hall–Kier alpha value is -0.410. The van der Waals surface area contributed by atoms with E-state index in [-0.39, 0.29) is 0 Å². The molecule has 2 atom stereocenters. The zero-order chi connectivity index (χ0) is 8.27. The molecule has 0 aromatic rings. The van der Waals surface area contributed by atoms with Crippen molar-refractivity contribution in [2.24, 2.45) is 0 Å². The smallest absolute Gasteiger partial charge is 0.134 e. The first-order valence-electron chi connectivity index (χ1n) is 4.03. The molecule has 0 amide bonds. The standard InChI is InChI=1S/C8H15NO2/c1-7-5-11-6-8(2)9(7)3-4-10/h4,7-8H,3,5-6H2,1-2H3. The molecule has 1 saturated heterocycles. The quantitative estimate of drug-likeness (QED) is 0.540. The normalized spacial score (nSPS) is 33.6. The van der Waals surface area contributed by atoms with Crippen molar-refractivity contribution in [1.29, 1.82) is 0 Å². The van der Waals surface area contributed by atoms with Crippen LogP contribution in [0.4, 0.5) is 0 Å². The Labute approximate surface area is 67.3 Å². The summed E-state index contributed by atoms with van der Waals surface area (Å²) in [4.78, 5) is 12.4. The maximum Gasteiger partial charge on any atom is 0.134 e. The zero-order valence-corrected chi connectivity index (χ0v) is 7.12. The van der Waals surface area contributed by atoms with Crippen LogP contribution >= 0.6 is 0 Å². The number of nitrogens with zero attached hydrogens (tertiary/aromatic N) is 1. The fraction of sp³-hybridized carbons (Fsp3) is 0.875. The second-order valence-corrected chi connectivity index (χ2v) is 3.10. The summed E-state index contributed by atoms with van der Waals surface area (Å²) in [5, 5.41) is 0. The Morgan fingerprint density at radius 1 is 1.45 bits per heavy atom. The molecule has 64 valence electrons. The van der Waals surface area contributed by atoms with Gasteiger partial charge in [-0.15, -0.1) is 0 Å². The van der Waals surface area contributed by atoms with Crippen molar-refractivity contribution < 1.29 is 9.53 Å². The van der Waals surface area contributed by atoms with Gasteiger partial charge in [-0.05, 0) is 13.8 Å². The molecule has 1 rings (SSSR count). The van der Waals surface area contributed by atoms with Crippen molar-refractivity contribution in [3.05, 3.63) is 0 Å². The molecule has 0 radical (unpaired) electrons. The van der Waals surface area contributed by atoms with E-state index in [0.29, 0.717) is 18.6 Å². The lowest BCUT2D eigenvalue weighted by Crippen LogP contribution is -2.50. The minimum Gasteiger partial charge on any atom is -0.378 e. The third-order valence-electron chi connectivity index (χ3n) is 2.14. The van der Waals surface area contributed by atoms with Gasteiger partial charge in [0.05, 0.1) is 19.8 Å². The van der Waals surface area contributed by atoms with E-state index >= 15 is 0 Å². The van der Waals surface area contributed by atoms with E-state index in [1.807, 2.05) is 0 Å². The third-order valence-corrected chi connectivity index (χ3v) is 2.14. The van der Waals surface area contributed by atoms with E-state index in [2.05, 4.69) is 18.7 Å². The molecule has 0 spiro atoms. The van der Waals surface area contributed by atoms with Crippen LogP contribution in [0.3, 0.4) is 0 Å². The molecule has 0 aromatic heterocycles. The summed E-state index contributed by atoms with van der Waals surface area (Å²) in [6, 6.07) is 0.757. The largest absolute Gasteiger partial charge is 0.378 e. The summed E-state index contributed by atoms with van der Waals surface area (Å²) in [6.45, 7) is 6.19. The molecule has 1 aliphatic rings. The average molecular weight is 157 g/mol. The van der Waals surface area contributed by atoms with Gasteiger partial charge in [-0.1, -0.05) is 0 Å². The Morgan fingerprint density at radius 2 is 2.00 bits per heavy atom. The molecule has 0 aromatic carbocycles. The minimum absolute atomic E-state index is 0.379. The van der Waals surface area contributed by atoms with E-state index in [1.54, 1.807) is 0 Å². The number of hydrogen-bond acceptors (Lipinski definition) is 3. The predicted octanol–water partition coefficient (Wildman–Crippen LogP) is 0.294. The zero-order valence-electron chi connectivity index (χ0n) is 7.12. The van der Waals surface area contributed by atoms with Crippen molar-refractivity contribution in [2.75, 3.05) is 19.8 Å². The first-order valence-corrected chi connectivity index (χ1v) is 4.03. The molecule has 1 aliphatic heterocycles. The van der Waals surface area contributed by atoms with Gasteiger partial charge in [0.2, 0.25) is 0 Å². The van der Waals surface area contributed by atoms with Crippen LogP contribution in [0, 0.1) is 0 Å². The highest BCUT2D eigenvalue weighted by Crippen LogP contribution is 2.10. The molecule has 2 unspecified atom stereocenters. The van der Waals surface area contributed by atoms with Crippen LogP contribution in [0.2, 0.25) is 0 Å². The lowest BCUT2D eigenvalue weighted by Gasteiger charge is -2.37. The molecule has 0 saturated carbocycles. The highest BCUT2D eigenvalue weighted by molar-refractivity contribution is 5.52. The molecule has 1 fully saturated rings. The van der Waals surface area contributed by atoms with Gasteiger partial charge >= 0.3 is 0 Å². The maximum absolute atomic E-state index is 10.3. The van der Waals surface area contributed by atoms with Gasteiger partial charge in [0.1, 0.15) is 6.29 Å². The monoisotopic (exact) mass is 157 g/mol. The Kier molecular flexibility index (Phi) is 3.02. The molecule has 11 heavy (non-hydrogen) atoms. The molecule has 3 nitrogen and oxygen atoms in total. The first-order chi connectivity index (χ1) is 5.25. The number of hydrogen-bond donors (Lipinski definition) is 0. The molecule has 0 bridgehead atoms. The fourth-order valence-corrected chi connectivity index (χ4v) is 1.48. The van der Waals surface area contributed by atoms with E-state index < -0.39 is 0 Å². The summed E-state index contributed by atoms with van der Waals surface area (Å²) < 4.78 is 5.31. The molecule has 1 heterocycles. The summed E-state index contributed by atoms with van der Waals surface area (Å²) in [5.41, 5.74) is 0. The second-order valence-electron chi connectivity index (χ2n) is 3.10. The molecule has 3 heteroatoms. The van der Waals surface area contributed by atoms with Crippen molar-refractivity contribution in [3.8, 4) is 0 Å². The average Bonchev–Trinajstić information content (AvgIpc) is 1.97. The van der Waals surface area contributed by atoms with Gasteiger partial charge < -0.3 is 9.53 Å². The van der Waals surface area contributed by atoms with Crippen LogP contribution < -0.4 is 0 Å². The van der Waals surface area contributed by atoms with Gasteiger partial charge in [-0.2, -0.15) is 0 Å². The molecule has 0 aliphatic carbocycles. The van der Waals surface area contributed by atoms with Crippen molar-refractivity contribution in [2.45, 2.75) is 25.9 Å². The van der Waals surface area contributed by atoms with Crippen LogP contribution in [-0.2, 0) is 9.53 Å². The highest BCUT2D eigenvalue weighted by atomic mass is 16.5. The number of rotatable bonds is 2. The highest BCUT2D eigenvalue weighted by Gasteiger charge is 2.24. The van der Waals surface area contributed by atoms with Gasteiger partial charge in [-0.25, -0.2) is 0 Å². The van der Waals surface area contributed by atoms with Crippen LogP contribution in [0.1, 0.15) is 13.8 Å². The van der Waals surface area contributed by atoms with E-state index in [4.69, 9.17) is 4.74 Å². The van der Waals surface area contributed by atoms with Crippen molar-refractivity contribution in [3.63, 3.8) is 0 Å². The second kappa shape index (κ2) is 3.83. The number of morpholine rings is 1. The van der Waals surface area contributed by atoms with E-state index in [9.17, 15) is 4.79 Å². The van der Waals surface area contributed by atoms with Gasteiger partial charge in [0.25, 0.3) is 0 Å². The minimum atomic E-state index is 0.379. The SMILES string of the molecule is CC1COCC(C)N1CC=O. The Bertz CT molecular complexity index is 128. The van der Waals surface area contributed by atoms with Gasteiger partial charge in [0, 0.05) is 12.1 Å². The predicted molar refractivity (Wildman–Crippen MR) is 42.5 cm³/mol. The van der Waals surface area contributed by atoms with Crippen molar-refractivity contribution in [1.82, 2.24) is 4.90 Å². The van der Waals surface area contributed by atoms with Crippen LogP contribution in [0.15, 0.2) is 0 Å². The summed E-state index contributed by atoms with van der Waals surface area (Å²) in [7, 11) is 0. The molecular formula is C8H15NO2. The lowest BCUT2D eigenvalue weighted by molar-refractivity contribution is -0.112. The summed E-state index contributed by atoms with van der Waals surface area (Å²) >= 11 is 0. The first kappa shape index (κ1) is 8.68. The topological polar surface area (TPSA) is 29.5 Å². The number of carbonyl (C=O) groups is 1. The van der Waals surface area contributed by atoms with Crippen LogP contribution in [-0.4, -0.2) is 43.0 Å². The molecular weight excluding hydrogens is 142 g/mol. The van der Waals surface area contributed by atoms with E-state index in [0.717, 1.165) is 19.5 Å². The number of aldehydes is 1. The Morgan fingerprint density at radius 3 is 2.45 bits per heavy atom. The maximum atomic E-state index is 10.3. The lowest BCUT2D eigenvalue weighted by atomic mass is 10.2. The number of ether oxygens (including phenoxy) is 1. The van der Waals surface area contributed by atoms with Gasteiger partial charge in [0.15, 0.2) is 0 Å². The summed E-state index contributed by atoms with van der Waals surface area (Å²) in [6.07, 6.45) is 0.957. The third kappa shape index (κ3) is 2.01. The van der Waals surface area contributed by atoms with Crippen molar-refractivity contribution >= 4 is 6.29 Å². The van der Waals surface area contributed by atoms with Crippen LogP contribution in [0.25, 0.3) is 0 Å². The van der Waals surface area contributed by atoms with Gasteiger partial charge in [-0.3, -0.25) is 4.90 Å². The number of carbonyl (C=O) groups excluding carboxylic acids is 1. The fourth-order valence-electron chi connectivity index (χ4n) is 1.48. The van der Waals surface area contributed by atoms with E-state index in [1.165, 1.54) is 0 Å². The summed E-state index contributed by atoms with van der Waals surface area (Å²) in [5.74, 6) is 0.